The number of rotatable bonds is 3. The van der Waals surface area contributed by atoms with Crippen molar-refractivity contribution >= 4 is 62.0 Å². The van der Waals surface area contributed by atoms with Crippen LogP contribution in [-0.2, 0) is 0 Å². The number of halogens is 3. The van der Waals surface area contributed by atoms with Gasteiger partial charge in [0.1, 0.15) is 11.6 Å². The molecule has 0 atom stereocenters. The molecule has 0 aliphatic heterocycles. The number of hydrogen-bond donors (Lipinski definition) is 1. The quantitative estimate of drug-likeness (QED) is 0.448. The molecule has 2 aromatic heterocycles. The summed E-state index contributed by atoms with van der Waals surface area (Å²) in [6.07, 6.45) is 3.23. The summed E-state index contributed by atoms with van der Waals surface area (Å²) >= 11 is 19.9. The van der Waals surface area contributed by atoms with Crippen LogP contribution in [0.3, 0.4) is 0 Å². The van der Waals surface area contributed by atoms with Gasteiger partial charge in [-0.2, -0.15) is 5.26 Å². The normalized spacial score (nSPS) is 14.4. The molecule has 0 saturated heterocycles. The SMILES string of the molecule is Cc1c(C(=O)c2sc3cc(Cl)cc(Cl)c3c2Cl)c(O)n(C2CCCC2)c(=O)c1C#N. The summed E-state index contributed by atoms with van der Waals surface area (Å²) in [6, 6.07) is 4.84. The van der Waals surface area contributed by atoms with Gasteiger partial charge in [-0.3, -0.25) is 14.2 Å². The number of carbonyl (C=O) groups excluding carboxylic acids is 1. The van der Waals surface area contributed by atoms with Crippen LogP contribution in [0.15, 0.2) is 16.9 Å². The van der Waals surface area contributed by atoms with E-state index < -0.39 is 17.2 Å². The summed E-state index contributed by atoms with van der Waals surface area (Å²) in [4.78, 5) is 26.5. The molecule has 1 aromatic carbocycles. The molecule has 4 rings (SSSR count). The number of ketones is 1. The van der Waals surface area contributed by atoms with E-state index >= 15 is 0 Å². The van der Waals surface area contributed by atoms with Crippen molar-refractivity contribution in [2.24, 2.45) is 0 Å². The van der Waals surface area contributed by atoms with Crippen LogP contribution in [0.5, 0.6) is 5.88 Å². The van der Waals surface area contributed by atoms with Crippen LogP contribution in [0, 0.1) is 18.3 Å². The zero-order chi connectivity index (χ0) is 21.7. The smallest absolute Gasteiger partial charge is 0.271 e. The van der Waals surface area contributed by atoms with Gasteiger partial charge >= 0.3 is 0 Å². The van der Waals surface area contributed by atoms with Crippen molar-refractivity contribution in [2.45, 2.75) is 38.6 Å². The molecule has 0 radical (unpaired) electrons. The average Bonchev–Trinajstić information content (AvgIpc) is 3.30. The molecule has 154 valence electrons. The molecule has 2 heterocycles. The number of aromatic nitrogens is 1. The number of benzene rings is 1. The minimum absolute atomic E-state index is 0.0891. The second-order valence-corrected chi connectivity index (χ2v) is 9.53. The number of fused-ring (bicyclic) bond motifs is 1. The lowest BCUT2D eigenvalue weighted by molar-refractivity contribution is 0.103. The molecular weight excluding hydrogens is 467 g/mol. The first-order chi connectivity index (χ1) is 14.3. The first-order valence-electron chi connectivity index (χ1n) is 9.26. The van der Waals surface area contributed by atoms with Crippen LogP contribution in [0.4, 0.5) is 0 Å². The summed E-state index contributed by atoms with van der Waals surface area (Å²) in [7, 11) is 0. The Morgan fingerprint density at radius 3 is 2.57 bits per heavy atom. The molecule has 9 heteroatoms. The van der Waals surface area contributed by atoms with E-state index in [1.807, 2.05) is 6.07 Å². The van der Waals surface area contributed by atoms with Crippen molar-refractivity contribution in [3.05, 3.63) is 59.1 Å². The van der Waals surface area contributed by atoms with Gasteiger partial charge in [0.15, 0.2) is 0 Å². The largest absolute Gasteiger partial charge is 0.494 e. The third kappa shape index (κ3) is 3.21. The molecule has 5 nitrogen and oxygen atoms in total. The first kappa shape index (κ1) is 21.2. The van der Waals surface area contributed by atoms with Crippen molar-refractivity contribution in [1.82, 2.24) is 4.57 Å². The van der Waals surface area contributed by atoms with Crippen LogP contribution in [0.2, 0.25) is 15.1 Å². The summed E-state index contributed by atoms with van der Waals surface area (Å²) in [5.41, 5.74) is -0.680. The molecule has 0 bridgehead atoms. The third-order valence-electron chi connectivity index (χ3n) is 5.52. The molecule has 1 saturated carbocycles. The highest BCUT2D eigenvalue weighted by Gasteiger charge is 2.31. The Hall–Kier alpha value is -2.04. The third-order valence-corrected chi connectivity index (χ3v) is 7.66. The first-order valence-corrected chi connectivity index (χ1v) is 11.2. The minimum atomic E-state index is -0.576. The molecule has 1 fully saturated rings. The van der Waals surface area contributed by atoms with E-state index in [2.05, 4.69) is 0 Å². The van der Waals surface area contributed by atoms with Gasteiger partial charge < -0.3 is 5.11 Å². The van der Waals surface area contributed by atoms with Gasteiger partial charge in [0.2, 0.25) is 11.7 Å². The number of pyridine rings is 1. The number of nitrogens with zero attached hydrogens (tertiary/aromatic N) is 2. The van der Waals surface area contributed by atoms with Gasteiger partial charge in [-0.25, -0.2) is 0 Å². The van der Waals surface area contributed by atoms with Gasteiger partial charge in [0, 0.05) is 21.2 Å². The molecule has 0 spiro atoms. The maximum absolute atomic E-state index is 13.5. The van der Waals surface area contributed by atoms with Crippen LogP contribution in [0.1, 0.15) is 58.1 Å². The lowest BCUT2D eigenvalue weighted by Crippen LogP contribution is -2.29. The van der Waals surface area contributed by atoms with Gasteiger partial charge in [-0.05, 0) is 37.5 Å². The van der Waals surface area contributed by atoms with Gasteiger partial charge in [0.05, 0.1) is 20.5 Å². The molecule has 0 unspecified atom stereocenters. The minimum Gasteiger partial charge on any atom is -0.494 e. The second-order valence-electron chi connectivity index (χ2n) is 7.26. The summed E-state index contributed by atoms with van der Waals surface area (Å²) < 4.78 is 1.82. The zero-order valence-electron chi connectivity index (χ0n) is 15.8. The molecular formula is C21H15Cl3N2O3S. The maximum atomic E-state index is 13.5. The maximum Gasteiger partial charge on any atom is 0.271 e. The topological polar surface area (TPSA) is 83.1 Å². The van der Waals surface area contributed by atoms with Crippen LogP contribution in [-0.4, -0.2) is 15.5 Å². The number of hydrogen-bond acceptors (Lipinski definition) is 5. The molecule has 3 aromatic rings. The number of aromatic hydroxyl groups is 1. The molecule has 0 amide bonds. The van der Waals surface area contributed by atoms with E-state index in [9.17, 15) is 20.0 Å². The average molecular weight is 482 g/mol. The van der Waals surface area contributed by atoms with E-state index in [1.165, 1.54) is 17.6 Å². The molecule has 30 heavy (non-hydrogen) atoms. The number of carbonyl (C=O) groups is 1. The van der Waals surface area contributed by atoms with Crippen molar-refractivity contribution in [3.63, 3.8) is 0 Å². The monoisotopic (exact) mass is 480 g/mol. The second kappa shape index (κ2) is 7.90. The number of thiophene rings is 1. The lowest BCUT2D eigenvalue weighted by Gasteiger charge is -2.19. The fraction of sp³-hybridized carbons (Fsp3) is 0.286. The Labute approximate surface area is 191 Å². The van der Waals surface area contributed by atoms with Gasteiger partial charge in [-0.1, -0.05) is 47.6 Å². The fourth-order valence-electron chi connectivity index (χ4n) is 4.07. The van der Waals surface area contributed by atoms with Crippen LogP contribution in [0.25, 0.3) is 10.1 Å². The summed E-state index contributed by atoms with van der Waals surface area (Å²) in [6.45, 7) is 1.48. The Morgan fingerprint density at radius 2 is 1.93 bits per heavy atom. The highest BCUT2D eigenvalue weighted by atomic mass is 35.5. The van der Waals surface area contributed by atoms with Gasteiger partial charge in [0.25, 0.3) is 5.56 Å². The van der Waals surface area contributed by atoms with E-state index in [0.29, 0.717) is 33.0 Å². The predicted octanol–water partition coefficient (Wildman–Crippen LogP) is 6.26. The van der Waals surface area contributed by atoms with Crippen molar-refractivity contribution in [1.29, 1.82) is 5.26 Å². The Balaban J connectivity index is 1.98. The highest BCUT2D eigenvalue weighted by Crippen LogP contribution is 2.43. The van der Waals surface area contributed by atoms with E-state index in [1.54, 1.807) is 6.07 Å². The van der Waals surface area contributed by atoms with Crippen molar-refractivity contribution in [3.8, 4) is 11.9 Å². The fourth-order valence-corrected chi connectivity index (χ4v) is 6.39. The van der Waals surface area contributed by atoms with E-state index in [-0.39, 0.29) is 32.6 Å². The van der Waals surface area contributed by atoms with Gasteiger partial charge in [-0.15, -0.1) is 11.3 Å². The van der Waals surface area contributed by atoms with E-state index in [0.717, 1.165) is 24.2 Å². The molecule has 1 aliphatic rings. The Kier molecular flexibility index (Phi) is 5.58. The summed E-state index contributed by atoms with van der Waals surface area (Å²) in [5.74, 6) is -0.988. The Bertz CT molecular complexity index is 1310. The summed E-state index contributed by atoms with van der Waals surface area (Å²) in [5, 5.41) is 21.9. The van der Waals surface area contributed by atoms with E-state index in [4.69, 9.17) is 34.8 Å². The highest BCUT2D eigenvalue weighted by molar-refractivity contribution is 7.22. The number of nitriles is 1. The standard InChI is InChI=1S/C21H15Cl3N2O3S/c1-9-12(8-25)20(28)26(11-4-2-3-5-11)21(29)15(9)18(27)19-17(24)16-13(23)6-10(22)7-14(16)30-19/h6-7,11,29H,2-5H2,1H3. The Morgan fingerprint density at radius 1 is 1.27 bits per heavy atom. The van der Waals surface area contributed by atoms with Crippen molar-refractivity contribution < 1.29 is 9.90 Å². The molecule has 1 N–H and O–H groups in total. The van der Waals surface area contributed by atoms with Crippen LogP contribution < -0.4 is 5.56 Å². The zero-order valence-corrected chi connectivity index (χ0v) is 18.8. The predicted molar refractivity (Wildman–Crippen MR) is 120 cm³/mol. The van der Waals surface area contributed by atoms with Crippen molar-refractivity contribution in [2.75, 3.05) is 0 Å². The van der Waals surface area contributed by atoms with Crippen LogP contribution >= 0.6 is 46.1 Å². The lowest BCUT2D eigenvalue weighted by atomic mass is 9.99. The molecule has 1 aliphatic carbocycles.